The second-order valence-corrected chi connectivity index (χ2v) is 4.91. The van der Waals surface area contributed by atoms with Crippen molar-refractivity contribution in [2.45, 2.75) is 12.4 Å². The van der Waals surface area contributed by atoms with Crippen LogP contribution in [0.3, 0.4) is 0 Å². The second kappa shape index (κ2) is 6.29. The van der Waals surface area contributed by atoms with Gasteiger partial charge in [0.1, 0.15) is 11.1 Å². The zero-order valence-corrected chi connectivity index (χ0v) is 12.0. The molecule has 0 aliphatic carbocycles. The van der Waals surface area contributed by atoms with Crippen molar-refractivity contribution in [3.8, 4) is 0 Å². The van der Waals surface area contributed by atoms with Crippen LogP contribution in [0.25, 0.3) is 0 Å². The van der Waals surface area contributed by atoms with E-state index in [-0.39, 0.29) is 0 Å². The van der Waals surface area contributed by atoms with Crippen molar-refractivity contribution in [1.29, 1.82) is 0 Å². The molecule has 2 aromatic carbocycles. The fraction of sp³-hybridized carbons (Fsp3) is 0.133. The predicted octanol–water partition coefficient (Wildman–Crippen LogP) is 5.51. The quantitative estimate of drug-likeness (QED) is 0.375. The van der Waals surface area contributed by atoms with E-state index in [0.717, 1.165) is 0 Å². The molecule has 0 bridgehead atoms. The van der Waals surface area contributed by atoms with Crippen LogP contribution in [0.1, 0.15) is 27.0 Å². The largest absolute Gasteiger partial charge is 0.422 e. The van der Waals surface area contributed by atoms with E-state index >= 15 is 0 Å². The van der Waals surface area contributed by atoms with E-state index in [2.05, 4.69) is 0 Å². The molecule has 0 fully saturated rings. The van der Waals surface area contributed by atoms with Gasteiger partial charge in [0, 0.05) is 5.56 Å². The summed E-state index contributed by atoms with van der Waals surface area (Å²) < 4.78 is 129. The van der Waals surface area contributed by atoms with E-state index in [1.165, 1.54) is 0 Å². The van der Waals surface area contributed by atoms with Gasteiger partial charge in [-0.25, -0.2) is 17.6 Å². The first-order chi connectivity index (χ1) is 11.8. The third kappa shape index (κ3) is 3.37. The van der Waals surface area contributed by atoms with Gasteiger partial charge in [-0.05, 0) is 12.1 Å². The number of carbonyl (C=O) groups is 1. The number of rotatable bonds is 2. The SMILES string of the molecule is O=C(c1ccc(C(F)(F)F)cc1)c1c(F)c(F)c(C(F)(F)F)c(F)c1F. The van der Waals surface area contributed by atoms with Crippen molar-refractivity contribution in [3.05, 3.63) is 69.8 Å². The number of carbonyl (C=O) groups excluding carboxylic acids is 1. The summed E-state index contributed by atoms with van der Waals surface area (Å²) in [5, 5.41) is 0. The molecule has 2 aromatic rings. The Bertz CT molecular complexity index is 833. The maximum absolute atomic E-state index is 13.8. The molecule has 1 nitrogen and oxygen atoms in total. The van der Waals surface area contributed by atoms with Crippen molar-refractivity contribution in [3.63, 3.8) is 0 Å². The normalized spacial score (nSPS) is 12.4. The summed E-state index contributed by atoms with van der Waals surface area (Å²) in [5.41, 5.74) is -6.92. The van der Waals surface area contributed by atoms with E-state index in [9.17, 15) is 48.7 Å². The molecule has 0 aliphatic heterocycles. The minimum atomic E-state index is -5.79. The smallest absolute Gasteiger partial charge is 0.288 e. The molecule has 11 heteroatoms. The van der Waals surface area contributed by atoms with Crippen LogP contribution in [-0.2, 0) is 12.4 Å². The van der Waals surface area contributed by atoms with Crippen LogP contribution in [0.2, 0.25) is 0 Å². The fourth-order valence-corrected chi connectivity index (χ4v) is 2.03. The molecule has 0 atom stereocenters. The first-order valence-electron chi connectivity index (χ1n) is 6.42. The van der Waals surface area contributed by atoms with E-state index in [0.29, 0.717) is 24.3 Å². The minimum absolute atomic E-state index is 0.347. The van der Waals surface area contributed by atoms with Crippen LogP contribution in [0.5, 0.6) is 0 Å². The van der Waals surface area contributed by atoms with E-state index in [1.807, 2.05) is 0 Å². The monoisotopic (exact) mass is 390 g/mol. The zero-order valence-electron chi connectivity index (χ0n) is 12.0. The number of halogens is 10. The molecular weight excluding hydrogens is 386 g/mol. The molecule has 0 spiro atoms. The molecule has 26 heavy (non-hydrogen) atoms. The van der Waals surface area contributed by atoms with Crippen molar-refractivity contribution in [2.24, 2.45) is 0 Å². The summed E-state index contributed by atoms with van der Waals surface area (Å²) in [6.07, 6.45) is -10.6. The van der Waals surface area contributed by atoms with Crippen molar-refractivity contribution in [1.82, 2.24) is 0 Å². The lowest BCUT2D eigenvalue weighted by Crippen LogP contribution is -2.19. The second-order valence-electron chi connectivity index (χ2n) is 4.91. The summed E-state index contributed by atoms with van der Waals surface area (Å²) in [4.78, 5) is 11.9. The molecule has 0 heterocycles. The van der Waals surface area contributed by atoms with Gasteiger partial charge in [0.15, 0.2) is 29.1 Å². The van der Waals surface area contributed by atoms with Gasteiger partial charge in [-0.3, -0.25) is 4.79 Å². The lowest BCUT2D eigenvalue weighted by Gasteiger charge is -2.14. The highest BCUT2D eigenvalue weighted by Gasteiger charge is 2.43. The molecular formula is C15H4F10O. The van der Waals surface area contributed by atoms with E-state index in [4.69, 9.17) is 0 Å². The molecule has 0 unspecified atom stereocenters. The van der Waals surface area contributed by atoms with Gasteiger partial charge in [-0.2, -0.15) is 26.3 Å². The number of ketones is 1. The Balaban J connectivity index is 2.61. The van der Waals surface area contributed by atoms with Crippen LogP contribution in [0.4, 0.5) is 43.9 Å². The first kappa shape index (κ1) is 19.7. The van der Waals surface area contributed by atoms with Crippen LogP contribution < -0.4 is 0 Å². The lowest BCUT2D eigenvalue weighted by molar-refractivity contribution is -0.143. The van der Waals surface area contributed by atoms with Crippen LogP contribution in [0, 0.1) is 23.3 Å². The Morgan fingerprint density at radius 3 is 1.42 bits per heavy atom. The Labute approximate surface area is 137 Å². The van der Waals surface area contributed by atoms with Gasteiger partial charge in [-0.15, -0.1) is 0 Å². The fourth-order valence-electron chi connectivity index (χ4n) is 2.03. The number of alkyl halides is 6. The van der Waals surface area contributed by atoms with Crippen molar-refractivity contribution < 1.29 is 48.7 Å². The van der Waals surface area contributed by atoms with Gasteiger partial charge in [0.25, 0.3) is 0 Å². The highest BCUT2D eigenvalue weighted by atomic mass is 19.4. The minimum Gasteiger partial charge on any atom is -0.288 e. The summed E-state index contributed by atoms with van der Waals surface area (Å²) in [6, 6.07) is 1.61. The first-order valence-corrected chi connectivity index (χ1v) is 6.42. The summed E-state index contributed by atoms with van der Waals surface area (Å²) in [5.74, 6) is -12.7. The summed E-state index contributed by atoms with van der Waals surface area (Å²) in [7, 11) is 0. The molecule has 0 aliphatic rings. The average molecular weight is 390 g/mol. The van der Waals surface area contributed by atoms with Crippen LogP contribution >= 0.6 is 0 Å². The molecule has 0 saturated carbocycles. The Morgan fingerprint density at radius 1 is 0.654 bits per heavy atom. The number of hydrogen-bond acceptors (Lipinski definition) is 1. The Morgan fingerprint density at radius 2 is 1.08 bits per heavy atom. The van der Waals surface area contributed by atoms with Crippen LogP contribution in [-0.4, -0.2) is 5.78 Å². The number of benzene rings is 2. The Hall–Kier alpha value is -2.59. The molecule has 0 N–H and O–H groups in total. The molecule has 140 valence electrons. The maximum Gasteiger partial charge on any atom is 0.422 e. The molecule has 0 aromatic heterocycles. The molecule has 2 rings (SSSR count). The van der Waals surface area contributed by atoms with Crippen molar-refractivity contribution >= 4 is 5.78 Å². The van der Waals surface area contributed by atoms with Gasteiger partial charge in [0.05, 0.1) is 5.56 Å². The highest BCUT2D eigenvalue weighted by molar-refractivity contribution is 6.09. The lowest BCUT2D eigenvalue weighted by atomic mass is 9.98. The molecule has 0 amide bonds. The van der Waals surface area contributed by atoms with Gasteiger partial charge < -0.3 is 0 Å². The van der Waals surface area contributed by atoms with Crippen LogP contribution in [0.15, 0.2) is 24.3 Å². The maximum atomic E-state index is 13.8. The molecule has 0 radical (unpaired) electrons. The van der Waals surface area contributed by atoms with Gasteiger partial charge in [-0.1, -0.05) is 12.1 Å². The topological polar surface area (TPSA) is 17.1 Å². The van der Waals surface area contributed by atoms with Gasteiger partial charge >= 0.3 is 12.4 Å². The third-order valence-electron chi connectivity index (χ3n) is 3.25. The third-order valence-corrected chi connectivity index (χ3v) is 3.25. The van der Waals surface area contributed by atoms with E-state index < -0.39 is 63.7 Å². The number of hydrogen-bond donors (Lipinski definition) is 0. The predicted molar refractivity (Wildman–Crippen MR) is 66.2 cm³/mol. The summed E-state index contributed by atoms with van der Waals surface area (Å²) in [6.45, 7) is 0. The van der Waals surface area contributed by atoms with Gasteiger partial charge in [0.2, 0.25) is 0 Å². The zero-order chi connectivity index (χ0) is 20.0. The summed E-state index contributed by atoms with van der Waals surface area (Å²) >= 11 is 0. The van der Waals surface area contributed by atoms with Crippen molar-refractivity contribution in [2.75, 3.05) is 0 Å². The highest BCUT2D eigenvalue weighted by Crippen LogP contribution is 2.37. The van der Waals surface area contributed by atoms with E-state index in [1.54, 1.807) is 0 Å². The Kier molecular flexibility index (Phi) is 4.77. The standard InChI is InChI=1S/C15H4F10O/c16-9-7(10(17)12(19)8(11(9)18)15(23,24)25)13(26)5-1-3-6(4-2-5)14(20,21)22/h1-4H. The average Bonchev–Trinajstić information content (AvgIpc) is 2.51. The molecule has 0 saturated heterocycles.